The number of fused-ring (bicyclic) bond motifs is 6. The number of hydrogen-bond donors (Lipinski definition) is 0. The van der Waals surface area contributed by atoms with Gasteiger partial charge in [0.1, 0.15) is 5.82 Å². The van der Waals surface area contributed by atoms with E-state index in [1.54, 1.807) is 12.1 Å². The van der Waals surface area contributed by atoms with E-state index in [0.717, 1.165) is 77.1 Å². The van der Waals surface area contributed by atoms with Crippen molar-refractivity contribution in [2.24, 2.45) is 0 Å². The summed E-state index contributed by atoms with van der Waals surface area (Å²) in [7, 11) is 0. The quantitative estimate of drug-likeness (QED) is 0.171. The molecule has 57 heavy (non-hydrogen) atoms. The van der Waals surface area contributed by atoms with Gasteiger partial charge in [0, 0.05) is 49.5 Å². The maximum absolute atomic E-state index is 16.3. The molecule has 0 amide bonds. The van der Waals surface area contributed by atoms with Gasteiger partial charge in [-0.05, 0) is 60.2 Å². The van der Waals surface area contributed by atoms with Crippen molar-refractivity contribution in [2.45, 2.75) is 0 Å². The largest absolute Gasteiger partial charge is 0.309 e. The van der Waals surface area contributed by atoms with E-state index in [0.29, 0.717) is 23.2 Å². The van der Waals surface area contributed by atoms with Crippen molar-refractivity contribution in [2.75, 3.05) is 0 Å². The highest BCUT2D eigenvalue weighted by Crippen LogP contribution is 2.42. The average Bonchev–Trinajstić information content (AvgIpc) is 3.78. The van der Waals surface area contributed by atoms with Gasteiger partial charge in [0.2, 0.25) is 0 Å². The summed E-state index contributed by atoms with van der Waals surface area (Å²) < 4.78 is 20.7. The number of benzene rings is 8. The van der Waals surface area contributed by atoms with Crippen LogP contribution in [-0.4, -0.2) is 24.1 Å². The van der Waals surface area contributed by atoms with Crippen molar-refractivity contribution < 1.29 is 4.39 Å². The van der Waals surface area contributed by atoms with E-state index in [1.807, 2.05) is 103 Å². The second-order valence-corrected chi connectivity index (χ2v) is 14.2. The molecule has 0 atom stereocenters. The zero-order chi connectivity index (χ0) is 37.9. The Bertz CT molecular complexity index is 3220. The van der Waals surface area contributed by atoms with Crippen LogP contribution in [0.15, 0.2) is 194 Å². The molecule has 0 saturated carbocycles. The first-order valence-electron chi connectivity index (χ1n) is 19.0. The summed E-state index contributed by atoms with van der Waals surface area (Å²) in [4.78, 5) is 14.8. The molecule has 8 aromatic carbocycles. The first kappa shape index (κ1) is 32.7. The number of aromatic nitrogens is 5. The summed E-state index contributed by atoms with van der Waals surface area (Å²) in [5.74, 6) is 1.58. The summed E-state index contributed by atoms with van der Waals surface area (Å²) in [5, 5.41) is 4.31. The Morgan fingerprint density at radius 3 is 1.32 bits per heavy atom. The van der Waals surface area contributed by atoms with Crippen LogP contribution in [0.2, 0.25) is 0 Å². The third-order valence-electron chi connectivity index (χ3n) is 10.8. The fraction of sp³-hybridized carbons (Fsp3) is 0. The van der Waals surface area contributed by atoms with Gasteiger partial charge in [-0.25, -0.2) is 19.3 Å². The molecule has 5 nitrogen and oxygen atoms in total. The van der Waals surface area contributed by atoms with Crippen LogP contribution >= 0.6 is 0 Å². The van der Waals surface area contributed by atoms with Crippen molar-refractivity contribution in [3.05, 3.63) is 200 Å². The van der Waals surface area contributed by atoms with Gasteiger partial charge in [0.15, 0.2) is 17.5 Å². The van der Waals surface area contributed by atoms with Crippen molar-refractivity contribution in [3.8, 4) is 56.7 Å². The molecule has 3 aromatic heterocycles. The molecule has 268 valence electrons. The van der Waals surface area contributed by atoms with Gasteiger partial charge in [0.25, 0.3) is 0 Å². The molecule has 0 saturated heterocycles. The predicted molar refractivity (Wildman–Crippen MR) is 230 cm³/mol. The van der Waals surface area contributed by atoms with Crippen LogP contribution in [0.25, 0.3) is 100 Å². The molecule has 0 unspecified atom stereocenters. The summed E-state index contributed by atoms with van der Waals surface area (Å²) in [6.07, 6.45) is 0. The third-order valence-corrected chi connectivity index (χ3v) is 10.8. The van der Waals surface area contributed by atoms with Crippen LogP contribution in [0.1, 0.15) is 0 Å². The molecular formula is C51H32FN5. The van der Waals surface area contributed by atoms with Crippen molar-refractivity contribution in [1.29, 1.82) is 0 Å². The second kappa shape index (κ2) is 13.3. The molecule has 0 aliphatic heterocycles. The lowest BCUT2D eigenvalue weighted by atomic mass is 10.0. The SMILES string of the molecule is Fc1cccc(-c2ccccc2)c1-n1c2ccccc2c2cc3c(cc21)c1ccccc1n3-c1ccc(-c2nc(-c3ccccc3)nc(-c3ccccc3)n2)cc1. The normalized spacial score (nSPS) is 11.6. The van der Waals surface area contributed by atoms with Gasteiger partial charge in [0.05, 0.1) is 27.8 Å². The number of rotatable bonds is 6. The highest BCUT2D eigenvalue weighted by atomic mass is 19.1. The summed E-state index contributed by atoms with van der Waals surface area (Å²) in [6.45, 7) is 0. The topological polar surface area (TPSA) is 48.5 Å². The third kappa shape index (κ3) is 5.41. The fourth-order valence-corrected chi connectivity index (χ4v) is 8.24. The highest BCUT2D eigenvalue weighted by molar-refractivity contribution is 6.19. The Balaban J connectivity index is 1.11. The molecule has 11 aromatic rings. The van der Waals surface area contributed by atoms with E-state index < -0.39 is 0 Å². The zero-order valence-corrected chi connectivity index (χ0v) is 30.6. The van der Waals surface area contributed by atoms with Gasteiger partial charge in [-0.15, -0.1) is 0 Å². The van der Waals surface area contributed by atoms with Crippen molar-refractivity contribution in [1.82, 2.24) is 24.1 Å². The van der Waals surface area contributed by atoms with E-state index >= 15 is 4.39 Å². The molecule has 0 aliphatic rings. The number of nitrogens with zero attached hydrogens (tertiary/aromatic N) is 5. The lowest BCUT2D eigenvalue weighted by Gasteiger charge is -2.15. The minimum Gasteiger partial charge on any atom is -0.309 e. The van der Waals surface area contributed by atoms with E-state index in [4.69, 9.17) is 15.0 Å². The molecule has 6 heteroatoms. The van der Waals surface area contributed by atoms with E-state index in [-0.39, 0.29) is 5.82 Å². The Morgan fingerprint density at radius 1 is 0.333 bits per heavy atom. The lowest BCUT2D eigenvalue weighted by Crippen LogP contribution is -2.01. The van der Waals surface area contributed by atoms with Crippen LogP contribution in [-0.2, 0) is 0 Å². The molecule has 3 heterocycles. The molecular weight excluding hydrogens is 702 g/mol. The summed E-state index contributed by atoms with van der Waals surface area (Å²) >= 11 is 0. The van der Waals surface area contributed by atoms with Crippen LogP contribution in [0.5, 0.6) is 0 Å². The molecule has 0 bridgehead atoms. The highest BCUT2D eigenvalue weighted by Gasteiger charge is 2.22. The predicted octanol–water partition coefficient (Wildman–Crippen LogP) is 12.9. The summed E-state index contributed by atoms with van der Waals surface area (Å²) in [5.41, 5.74) is 10.1. The smallest absolute Gasteiger partial charge is 0.164 e. The van der Waals surface area contributed by atoms with Crippen LogP contribution < -0.4 is 0 Å². The molecule has 0 aliphatic carbocycles. The maximum atomic E-state index is 16.3. The van der Waals surface area contributed by atoms with Gasteiger partial charge in [-0.2, -0.15) is 0 Å². The lowest BCUT2D eigenvalue weighted by molar-refractivity contribution is 0.621. The fourth-order valence-electron chi connectivity index (χ4n) is 8.24. The average molecular weight is 734 g/mol. The zero-order valence-electron chi connectivity index (χ0n) is 30.6. The van der Waals surface area contributed by atoms with Gasteiger partial charge in [-0.1, -0.05) is 140 Å². The molecule has 0 radical (unpaired) electrons. The monoisotopic (exact) mass is 733 g/mol. The summed E-state index contributed by atoms with van der Waals surface area (Å²) in [6, 6.07) is 65.2. The molecule has 0 N–H and O–H groups in total. The minimum atomic E-state index is -0.272. The van der Waals surface area contributed by atoms with Crippen LogP contribution in [0.3, 0.4) is 0 Å². The van der Waals surface area contributed by atoms with E-state index in [1.165, 1.54) is 0 Å². The van der Waals surface area contributed by atoms with Crippen molar-refractivity contribution >= 4 is 43.6 Å². The minimum absolute atomic E-state index is 0.272. The molecule has 11 rings (SSSR count). The van der Waals surface area contributed by atoms with E-state index in [2.05, 4.69) is 88.0 Å². The first-order chi connectivity index (χ1) is 28.2. The molecule has 0 fully saturated rings. The molecule has 0 spiro atoms. The Morgan fingerprint density at radius 2 is 0.772 bits per heavy atom. The standard InChI is InChI=1S/C51H32FN5/c52-43-24-14-23-38(33-15-4-1-5-16-33)48(43)57-45-26-13-11-22-40(45)42-31-46-41(32-47(42)57)39-21-10-12-25-44(39)56(46)37-29-27-36(28-30-37)51-54-49(34-17-6-2-7-18-34)53-50(55-51)35-19-8-3-9-20-35/h1-32H. The first-order valence-corrected chi connectivity index (χ1v) is 19.0. The van der Waals surface area contributed by atoms with Crippen molar-refractivity contribution in [3.63, 3.8) is 0 Å². The number of para-hydroxylation sites is 3. The second-order valence-electron chi connectivity index (χ2n) is 14.2. The van der Waals surface area contributed by atoms with Crippen LogP contribution in [0.4, 0.5) is 4.39 Å². The van der Waals surface area contributed by atoms with Gasteiger partial charge in [-0.3, -0.25) is 0 Å². The Kier molecular flexibility index (Phi) is 7.60. The van der Waals surface area contributed by atoms with Gasteiger partial charge >= 0.3 is 0 Å². The number of halogens is 1. The Labute approximate surface area is 327 Å². The van der Waals surface area contributed by atoms with E-state index in [9.17, 15) is 0 Å². The number of hydrogen-bond acceptors (Lipinski definition) is 3. The Hall–Kier alpha value is -7.70. The van der Waals surface area contributed by atoms with Gasteiger partial charge < -0.3 is 9.13 Å². The maximum Gasteiger partial charge on any atom is 0.164 e. The van der Waals surface area contributed by atoms with Crippen LogP contribution in [0, 0.1) is 5.82 Å².